The smallest absolute Gasteiger partial charge is 0.0250 e. The molecule has 2 aliphatic heterocycles. The minimum Gasteiger partial charge on any atom is -0.298 e. The Balaban J connectivity index is 1.65. The summed E-state index contributed by atoms with van der Waals surface area (Å²) in [6.45, 7) is 11.9. The third kappa shape index (κ3) is 2.77. The van der Waals surface area contributed by atoms with Gasteiger partial charge in [0.1, 0.15) is 0 Å². The van der Waals surface area contributed by atoms with E-state index in [2.05, 4.69) is 54.8 Å². The van der Waals surface area contributed by atoms with E-state index in [1.807, 2.05) is 0 Å². The lowest BCUT2D eigenvalue weighted by Gasteiger charge is -2.43. The van der Waals surface area contributed by atoms with Crippen LogP contribution in [0, 0.1) is 0 Å². The van der Waals surface area contributed by atoms with Crippen LogP contribution in [0.25, 0.3) is 0 Å². The molecule has 1 aromatic carbocycles. The molecule has 20 heavy (non-hydrogen) atoms. The molecule has 0 aromatic heterocycles. The van der Waals surface area contributed by atoms with Crippen molar-refractivity contribution >= 4 is 0 Å². The summed E-state index contributed by atoms with van der Waals surface area (Å²) in [4.78, 5) is 5.37. The molecule has 0 unspecified atom stereocenters. The van der Waals surface area contributed by atoms with Crippen molar-refractivity contribution in [3.05, 3.63) is 35.4 Å². The van der Waals surface area contributed by atoms with Gasteiger partial charge >= 0.3 is 0 Å². The molecule has 0 radical (unpaired) electrons. The van der Waals surface area contributed by atoms with Crippen LogP contribution in [-0.2, 0) is 6.54 Å². The predicted octanol–water partition coefficient (Wildman–Crippen LogP) is 3.48. The van der Waals surface area contributed by atoms with E-state index in [0.717, 1.165) is 12.6 Å². The van der Waals surface area contributed by atoms with Gasteiger partial charge in [-0.3, -0.25) is 9.80 Å². The van der Waals surface area contributed by atoms with E-state index in [-0.39, 0.29) is 0 Å². The molecule has 2 fully saturated rings. The fourth-order valence-corrected chi connectivity index (χ4v) is 3.85. The molecule has 2 aliphatic rings. The second-order valence-corrected chi connectivity index (χ2v) is 6.85. The quantitative estimate of drug-likeness (QED) is 0.831. The van der Waals surface area contributed by atoms with Crippen LogP contribution in [0.15, 0.2) is 24.3 Å². The summed E-state index contributed by atoms with van der Waals surface area (Å²) in [5.74, 6) is 0.630. The van der Waals surface area contributed by atoms with E-state index < -0.39 is 0 Å². The lowest BCUT2D eigenvalue weighted by atomic mass is 10.00. The first kappa shape index (κ1) is 14.1. The second kappa shape index (κ2) is 5.87. The number of hydrogen-bond donors (Lipinski definition) is 0. The number of piperazine rings is 1. The summed E-state index contributed by atoms with van der Waals surface area (Å²) < 4.78 is 0. The Morgan fingerprint density at radius 1 is 1.10 bits per heavy atom. The Labute approximate surface area is 123 Å². The van der Waals surface area contributed by atoms with Crippen molar-refractivity contribution in [1.82, 2.24) is 9.80 Å². The molecule has 2 nitrogen and oxygen atoms in total. The van der Waals surface area contributed by atoms with Gasteiger partial charge in [0.25, 0.3) is 0 Å². The van der Waals surface area contributed by atoms with Crippen LogP contribution in [-0.4, -0.2) is 41.5 Å². The highest BCUT2D eigenvalue weighted by Crippen LogP contribution is 2.27. The standard InChI is InChI=1S/C18H28N2/c1-14(2)17-8-6-16(7-9-17)13-20-12-11-19-10-4-5-18(19)15(20)3/h6-9,14-15,18H,4-5,10-13H2,1-3H3/t15-,18+/m1/s1. The molecular weight excluding hydrogens is 244 g/mol. The van der Waals surface area contributed by atoms with Crippen LogP contribution in [0.4, 0.5) is 0 Å². The van der Waals surface area contributed by atoms with Crippen LogP contribution in [0.2, 0.25) is 0 Å². The normalized spacial score (nSPS) is 28.0. The minimum atomic E-state index is 0.630. The SMILES string of the molecule is CC(C)c1ccc(CN2CCN3CCC[C@H]3[C@H]2C)cc1. The molecule has 0 amide bonds. The molecule has 2 saturated heterocycles. The van der Waals surface area contributed by atoms with Crippen molar-refractivity contribution in [1.29, 1.82) is 0 Å². The van der Waals surface area contributed by atoms with Crippen LogP contribution in [0.5, 0.6) is 0 Å². The van der Waals surface area contributed by atoms with Gasteiger partial charge in [-0.25, -0.2) is 0 Å². The third-order valence-corrected chi connectivity index (χ3v) is 5.25. The molecule has 110 valence electrons. The molecule has 0 N–H and O–H groups in total. The Morgan fingerprint density at radius 3 is 2.55 bits per heavy atom. The van der Waals surface area contributed by atoms with Crippen molar-refractivity contribution in [2.24, 2.45) is 0 Å². The summed E-state index contributed by atoms with van der Waals surface area (Å²) in [5, 5.41) is 0. The number of rotatable bonds is 3. The van der Waals surface area contributed by atoms with Crippen LogP contribution >= 0.6 is 0 Å². The fourth-order valence-electron chi connectivity index (χ4n) is 3.85. The van der Waals surface area contributed by atoms with Crippen molar-refractivity contribution in [3.8, 4) is 0 Å². The van der Waals surface area contributed by atoms with Gasteiger partial charge < -0.3 is 0 Å². The van der Waals surface area contributed by atoms with Crippen molar-refractivity contribution < 1.29 is 0 Å². The molecule has 1 aromatic rings. The average Bonchev–Trinajstić information content (AvgIpc) is 2.92. The highest BCUT2D eigenvalue weighted by molar-refractivity contribution is 5.24. The van der Waals surface area contributed by atoms with Gasteiger partial charge in [-0.05, 0) is 43.4 Å². The van der Waals surface area contributed by atoms with Gasteiger partial charge in [-0.15, -0.1) is 0 Å². The number of hydrogen-bond acceptors (Lipinski definition) is 2. The average molecular weight is 272 g/mol. The van der Waals surface area contributed by atoms with Gasteiger partial charge in [0, 0.05) is 31.7 Å². The molecule has 0 spiro atoms. The van der Waals surface area contributed by atoms with Crippen LogP contribution < -0.4 is 0 Å². The van der Waals surface area contributed by atoms with Crippen molar-refractivity contribution in [2.75, 3.05) is 19.6 Å². The number of benzene rings is 1. The molecule has 2 heteroatoms. The van der Waals surface area contributed by atoms with Crippen molar-refractivity contribution in [3.63, 3.8) is 0 Å². The van der Waals surface area contributed by atoms with E-state index in [1.54, 1.807) is 0 Å². The van der Waals surface area contributed by atoms with E-state index >= 15 is 0 Å². The summed E-state index contributed by atoms with van der Waals surface area (Å²) in [6.07, 6.45) is 2.79. The zero-order valence-corrected chi connectivity index (χ0v) is 13.2. The minimum absolute atomic E-state index is 0.630. The van der Waals surface area contributed by atoms with Crippen LogP contribution in [0.1, 0.15) is 50.7 Å². The summed E-state index contributed by atoms with van der Waals surface area (Å²) >= 11 is 0. The Hall–Kier alpha value is -0.860. The molecule has 2 heterocycles. The Bertz CT molecular complexity index is 437. The molecular formula is C18H28N2. The number of fused-ring (bicyclic) bond motifs is 1. The predicted molar refractivity (Wildman–Crippen MR) is 85.0 cm³/mol. The van der Waals surface area contributed by atoms with Crippen molar-refractivity contribution in [2.45, 2.75) is 58.2 Å². The Kier molecular flexibility index (Phi) is 4.13. The zero-order valence-electron chi connectivity index (χ0n) is 13.2. The molecule has 0 saturated carbocycles. The van der Waals surface area contributed by atoms with Gasteiger partial charge in [0.05, 0.1) is 0 Å². The highest BCUT2D eigenvalue weighted by Gasteiger charge is 2.36. The van der Waals surface area contributed by atoms with Gasteiger partial charge in [0.15, 0.2) is 0 Å². The summed E-state index contributed by atoms with van der Waals surface area (Å²) in [7, 11) is 0. The molecule has 2 atom stereocenters. The van der Waals surface area contributed by atoms with Crippen LogP contribution in [0.3, 0.4) is 0 Å². The van der Waals surface area contributed by atoms with Gasteiger partial charge in [0.2, 0.25) is 0 Å². The Morgan fingerprint density at radius 2 is 1.85 bits per heavy atom. The summed E-state index contributed by atoms with van der Waals surface area (Å²) in [6, 6.07) is 10.8. The first-order chi connectivity index (χ1) is 9.65. The third-order valence-electron chi connectivity index (χ3n) is 5.25. The maximum atomic E-state index is 2.70. The topological polar surface area (TPSA) is 6.48 Å². The summed E-state index contributed by atoms with van der Waals surface area (Å²) in [5.41, 5.74) is 2.91. The van der Waals surface area contributed by atoms with E-state index in [1.165, 1.54) is 43.6 Å². The lowest BCUT2D eigenvalue weighted by molar-refractivity contribution is 0.0470. The van der Waals surface area contributed by atoms with E-state index in [9.17, 15) is 0 Å². The second-order valence-electron chi connectivity index (χ2n) is 6.85. The van der Waals surface area contributed by atoms with E-state index in [0.29, 0.717) is 12.0 Å². The lowest BCUT2D eigenvalue weighted by Crippen LogP contribution is -2.55. The first-order valence-corrected chi connectivity index (χ1v) is 8.22. The zero-order chi connectivity index (χ0) is 14.1. The fraction of sp³-hybridized carbons (Fsp3) is 0.667. The molecule has 3 rings (SSSR count). The van der Waals surface area contributed by atoms with Gasteiger partial charge in [-0.1, -0.05) is 38.1 Å². The molecule has 0 aliphatic carbocycles. The van der Waals surface area contributed by atoms with E-state index in [4.69, 9.17) is 0 Å². The maximum Gasteiger partial charge on any atom is 0.0250 e. The maximum absolute atomic E-state index is 2.70. The number of nitrogens with zero attached hydrogens (tertiary/aromatic N) is 2. The largest absolute Gasteiger partial charge is 0.298 e. The monoisotopic (exact) mass is 272 g/mol. The van der Waals surface area contributed by atoms with Gasteiger partial charge in [-0.2, -0.15) is 0 Å². The first-order valence-electron chi connectivity index (χ1n) is 8.22. The molecule has 0 bridgehead atoms. The highest BCUT2D eigenvalue weighted by atomic mass is 15.3.